The van der Waals surface area contributed by atoms with Crippen LogP contribution in [0.4, 0.5) is 0 Å². The average Bonchev–Trinajstić information content (AvgIpc) is 2.34. The van der Waals surface area contributed by atoms with Crippen molar-refractivity contribution in [3.63, 3.8) is 0 Å². The lowest BCUT2D eigenvalue weighted by molar-refractivity contribution is 0.112. The summed E-state index contributed by atoms with van der Waals surface area (Å²) in [6, 6.07) is 8.95. The van der Waals surface area contributed by atoms with Crippen LogP contribution < -0.4 is 4.74 Å². The first kappa shape index (κ1) is 11.8. The summed E-state index contributed by atoms with van der Waals surface area (Å²) < 4.78 is 6.44. The second kappa shape index (κ2) is 5.10. The summed E-state index contributed by atoms with van der Waals surface area (Å²) in [7, 11) is 0. The van der Waals surface area contributed by atoms with E-state index < -0.39 is 0 Å². The molecule has 1 heterocycles. The van der Waals surface area contributed by atoms with Gasteiger partial charge in [0.2, 0.25) is 0 Å². The van der Waals surface area contributed by atoms with Gasteiger partial charge < -0.3 is 4.74 Å². The second-order valence-electron chi connectivity index (χ2n) is 3.54. The van der Waals surface area contributed by atoms with Gasteiger partial charge in [-0.3, -0.25) is 9.78 Å². The molecule has 0 saturated carbocycles. The number of aryl methyl sites for hydroxylation is 1. The molecule has 0 aliphatic carbocycles. The van der Waals surface area contributed by atoms with Gasteiger partial charge >= 0.3 is 0 Å². The van der Waals surface area contributed by atoms with E-state index in [1.807, 2.05) is 25.1 Å². The summed E-state index contributed by atoms with van der Waals surface area (Å²) in [5, 5.41) is 0. The van der Waals surface area contributed by atoms with Crippen LogP contribution in [0.15, 0.2) is 41.0 Å². The zero-order valence-corrected chi connectivity index (χ0v) is 10.8. The number of rotatable bonds is 3. The number of aromatic nitrogens is 1. The van der Waals surface area contributed by atoms with Crippen molar-refractivity contribution in [2.75, 3.05) is 0 Å². The van der Waals surface area contributed by atoms with E-state index in [1.165, 1.54) is 0 Å². The van der Waals surface area contributed by atoms with Crippen molar-refractivity contribution >= 4 is 22.2 Å². The molecule has 1 aromatic heterocycles. The van der Waals surface area contributed by atoms with E-state index >= 15 is 0 Å². The molecule has 0 aliphatic rings. The molecular weight excluding hydrogens is 282 g/mol. The SMILES string of the molecule is Cc1ccc(Oc2ccc(Br)cc2C=O)cn1. The maximum Gasteiger partial charge on any atom is 0.153 e. The van der Waals surface area contributed by atoms with Gasteiger partial charge in [0.25, 0.3) is 0 Å². The third-order valence-electron chi connectivity index (χ3n) is 2.21. The van der Waals surface area contributed by atoms with Gasteiger partial charge in [-0.1, -0.05) is 15.9 Å². The molecule has 0 atom stereocenters. The molecule has 0 amide bonds. The van der Waals surface area contributed by atoms with Crippen molar-refractivity contribution in [2.45, 2.75) is 6.92 Å². The zero-order valence-electron chi connectivity index (χ0n) is 9.18. The first-order valence-electron chi connectivity index (χ1n) is 5.04. The van der Waals surface area contributed by atoms with Gasteiger partial charge in [-0.05, 0) is 37.3 Å². The maximum absolute atomic E-state index is 10.9. The number of ether oxygens (including phenoxy) is 1. The number of aldehydes is 1. The van der Waals surface area contributed by atoms with Crippen LogP contribution in [-0.4, -0.2) is 11.3 Å². The lowest BCUT2D eigenvalue weighted by Gasteiger charge is -2.07. The third kappa shape index (κ3) is 2.91. The Kier molecular flexibility index (Phi) is 3.54. The van der Waals surface area contributed by atoms with Crippen LogP contribution in [0.5, 0.6) is 11.5 Å². The number of nitrogens with zero attached hydrogens (tertiary/aromatic N) is 1. The molecule has 4 heteroatoms. The van der Waals surface area contributed by atoms with Crippen LogP contribution in [-0.2, 0) is 0 Å². The van der Waals surface area contributed by atoms with E-state index in [2.05, 4.69) is 20.9 Å². The van der Waals surface area contributed by atoms with Crippen LogP contribution in [0, 0.1) is 6.92 Å². The second-order valence-corrected chi connectivity index (χ2v) is 4.45. The van der Waals surface area contributed by atoms with Crippen LogP contribution in [0.1, 0.15) is 16.1 Å². The van der Waals surface area contributed by atoms with Gasteiger partial charge in [0.1, 0.15) is 11.5 Å². The van der Waals surface area contributed by atoms with Gasteiger partial charge in [0, 0.05) is 10.2 Å². The molecule has 0 saturated heterocycles. The summed E-state index contributed by atoms with van der Waals surface area (Å²) in [5.41, 5.74) is 1.42. The van der Waals surface area contributed by atoms with E-state index in [0.717, 1.165) is 16.5 Å². The van der Waals surface area contributed by atoms with Gasteiger partial charge in [-0.25, -0.2) is 0 Å². The Balaban J connectivity index is 2.29. The minimum Gasteiger partial charge on any atom is -0.455 e. The topological polar surface area (TPSA) is 39.2 Å². The molecule has 2 aromatic rings. The molecule has 0 unspecified atom stereocenters. The highest BCUT2D eigenvalue weighted by Gasteiger charge is 2.05. The highest BCUT2D eigenvalue weighted by Crippen LogP contribution is 2.26. The fourth-order valence-corrected chi connectivity index (χ4v) is 1.72. The van der Waals surface area contributed by atoms with Gasteiger partial charge in [0.05, 0.1) is 11.8 Å². The summed E-state index contributed by atoms with van der Waals surface area (Å²) in [4.78, 5) is 15.0. The van der Waals surface area contributed by atoms with Crippen molar-refractivity contribution in [2.24, 2.45) is 0 Å². The van der Waals surface area contributed by atoms with Crippen molar-refractivity contribution in [3.05, 3.63) is 52.3 Å². The Morgan fingerprint density at radius 1 is 1.29 bits per heavy atom. The van der Waals surface area contributed by atoms with Gasteiger partial charge in [-0.15, -0.1) is 0 Å². The monoisotopic (exact) mass is 291 g/mol. The van der Waals surface area contributed by atoms with E-state index in [1.54, 1.807) is 18.3 Å². The molecule has 0 bridgehead atoms. The van der Waals surface area contributed by atoms with Crippen LogP contribution in [0.3, 0.4) is 0 Å². The maximum atomic E-state index is 10.9. The van der Waals surface area contributed by atoms with Crippen LogP contribution in [0.2, 0.25) is 0 Å². The minimum absolute atomic E-state index is 0.500. The number of hydrogen-bond acceptors (Lipinski definition) is 3. The van der Waals surface area contributed by atoms with Crippen LogP contribution >= 0.6 is 15.9 Å². The van der Waals surface area contributed by atoms with Crippen molar-refractivity contribution in [3.8, 4) is 11.5 Å². The third-order valence-corrected chi connectivity index (χ3v) is 2.70. The molecule has 3 nitrogen and oxygen atoms in total. The number of carbonyl (C=O) groups excluding carboxylic acids is 1. The van der Waals surface area contributed by atoms with Crippen molar-refractivity contribution in [1.29, 1.82) is 0 Å². The summed E-state index contributed by atoms with van der Waals surface area (Å²) in [6.07, 6.45) is 2.40. The van der Waals surface area contributed by atoms with Crippen molar-refractivity contribution in [1.82, 2.24) is 4.98 Å². The first-order valence-corrected chi connectivity index (χ1v) is 5.83. The summed E-state index contributed by atoms with van der Waals surface area (Å²) in [5.74, 6) is 1.13. The highest BCUT2D eigenvalue weighted by atomic mass is 79.9. The van der Waals surface area contributed by atoms with E-state index in [9.17, 15) is 4.79 Å². The number of benzene rings is 1. The molecule has 0 radical (unpaired) electrons. The van der Waals surface area contributed by atoms with E-state index in [4.69, 9.17) is 4.74 Å². The molecule has 2 rings (SSSR count). The van der Waals surface area contributed by atoms with Gasteiger partial charge in [-0.2, -0.15) is 0 Å². The Hall–Kier alpha value is -1.68. The van der Waals surface area contributed by atoms with Crippen LogP contribution in [0.25, 0.3) is 0 Å². The van der Waals surface area contributed by atoms with Crippen molar-refractivity contribution < 1.29 is 9.53 Å². The molecule has 0 N–H and O–H groups in total. The summed E-state index contributed by atoms with van der Waals surface area (Å²) in [6.45, 7) is 1.90. The zero-order chi connectivity index (χ0) is 12.3. The lowest BCUT2D eigenvalue weighted by atomic mass is 10.2. The number of halogens is 1. The number of hydrogen-bond donors (Lipinski definition) is 0. The van der Waals surface area contributed by atoms with E-state index in [-0.39, 0.29) is 0 Å². The molecule has 0 fully saturated rings. The fourth-order valence-electron chi connectivity index (χ4n) is 1.35. The molecule has 0 aliphatic heterocycles. The highest BCUT2D eigenvalue weighted by molar-refractivity contribution is 9.10. The first-order chi connectivity index (χ1) is 8.19. The quantitative estimate of drug-likeness (QED) is 0.809. The number of pyridine rings is 1. The van der Waals surface area contributed by atoms with Gasteiger partial charge in [0.15, 0.2) is 6.29 Å². The Bertz CT molecular complexity index is 538. The van der Waals surface area contributed by atoms with E-state index in [0.29, 0.717) is 17.1 Å². The largest absolute Gasteiger partial charge is 0.455 e. The Morgan fingerprint density at radius 3 is 2.76 bits per heavy atom. The smallest absolute Gasteiger partial charge is 0.153 e. The Morgan fingerprint density at radius 2 is 2.12 bits per heavy atom. The minimum atomic E-state index is 0.500. The average molecular weight is 292 g/mol. The normalized spacial score (nSPS) is 10.0. The lowest BCUT2D eigenvalue weighted by Crippen LogP contribution is -1.91. The predicted molar refractivity (Wildman–Crippen MR) is 68.6 cm³/mol. The molecule has 1 aromatic carbocycles. The molecule has 17 heavy (non-hydrogen) atoms. The fraction of sp³-hybridized carbons (Fsp3) is 0.0769. The standard InChI is InChI=1S/C13H10BrNO2/c1-9-2-4-12(7-15-9)17-13-5-3-11(14)6-10(13)8-16/h2-8H,1H3. The summed E-state index contributed by atoms with van der Waals surface area (Å²) >= 11 is 3.31. The molecule has 86 valence electrons. The Labute approximate surface area is 108 Å². The number of carbonyl (C=O) groups is 1. The predicted octanol–water partition coefficient (Wildman–Crippen LogP) is 3.76. The molecular formula is C13H10BrNO2. The molecule has 0 spiro atoms.